The Kier molecular flexibility index (Phi) is 6.87. The largest absolute Gasteiger partial charge is 0.348 e. The van der Waals surface area contributed by atoms with Crippen molar-refractivity contribution in [3.8, 4) is 0 Å². The average molecular weight is 246 g/mol. The van der Waals surface area contributed by atoms with E-state index in [1.165, 1.54) is 12.2 Å². The number of hydrogen-bond acceptors (Lipinski definition) is 4. The van der Waals surface area contributed by atoms with Gasteiger partial charge in [0.05, 0.1) is 4.92 Å². The molecule has 88 valence electrons. The van der Waals surface area contributed by atoms with Gasteiger partial charge in [-0.05, 0) is 19.4 Å². The van der Waals surface area contributed by atoms with Crippen LogP contribution in [0.3, 0.4) is 0 Å². The molecule has 0 rings (SSSR count). The molecule has 0 amide bonds. The average Bonchev–Trinajstić information content (AvgIpc) is 2.25. The molecule has 0 aromatic rings. The van der Waals surface area contributed by atoms with E-state index < -0.39 is 10.9 Å². The minimum absolute atomic E-state index is 0.187. The van der Waals surface area contributed by atoms with Crippen molar-refractivity contribution in [2.45, 2.75) is 19.3 Å². The van der Waals surface area contributed by atoms with Crippen LogP contribution in [0.2, 0.25) is 0 Å². The summed E-state index contributed by atoms with van der Waals surface area (Å²) < 4.78 is 3.94. The summed E-state index contributed by atoms with van der Waals surface area (Å²) in [6.45, 7) is 6.90. The molecule has 0 radical (unpaired) electrons. The molecule has 0 unspecified atom stereocenters. The van der Waals surface area contributed by atoms with Crippen molar-refractivity contribution < 1.29 is 14.0 Å². The number of carbonyl (C=O) groups is 1. The number of halogens is 1. The first kappa shape index (κ1) is 14.4. The second kappa shape index (κ2) is 7.64. The van der Waals surface area contributed by atoms with Gasteiger partial charge in [-0.25, -0.2) is 0 Å². The number of nitro groups is 1. The van der Waals surface area contributed by atoms with E-state index in [2.05, 4.69) is 17.4 Å². The molecule has 0 aromatic carbocycles. The van der Waals surface area contributed by atoms with E-state index in [-0.39, 0.29) is 12.1 Å². The van der Waals surface area contributed by atoms with Crippen LogP contribution in [0.5, 0.6) is 0 Å². The van der Waals surface area contributed by atoms with E-state index >= 15 is 0 Å². The maximum Gasteiger partial charge on any atom is 0.324 e. The summed E-state index contributed by atoms with van der Waals surface area (Å²) in [5, 5.41) is 10.2. The topological polar surface area (TPSA) is 69.4 Å². The van der Waals surface area contributed by atoms with E-state index in [0.29, 0.717) is 18.4 Å². The normalized spacial score (nSPS) is 10.1. The van der Waals surface area contributed by atoms with Crippen molar-refractivity contribution in [2.24, 2.45) is 0 Å². The van der Waals surface area contributed by atoms with Crippen molar-refractivity contribution in [1.29, 1.82) is 0 Å². The van der Waals surface area contributed by atoms with Crippen LogP contribution in [0.25, 0.3) is 0 Å². The Bertz CT molecular complexity index is 336. The van der Waals surface area contributed by atoms with E-state index in [1.54, 1.807) is 0 Å². The molecular weight excluding hydrogens is 234 g/mol. The summed E-state index contributed by atoms with van der Waals surface area (Å²) >= 11 is 4.83. The SMILES string of the molecule is C=C(/C=C\C(=C)[N+](=O)[O-])CCCC(=O)OCl. The summed E-state index contributed by atoms with van der Waals surface area (Å²) in [6, 6.07) is 0. The molecule has 0 aliphatic carbocycles. The van der Waals surface area contributed by atoms with Crippen LogP contribution in [0.1, 0.15) is 19.3 Å². The lowest BCUT2D eigenvalue weighted by molar-refractivity contribution is -0.418. The fourth-order valence-electron chi connectivity index (χ4n) is 0.857. The monoisotopic (exact) mass is 245 g/mol. The molecule has 0 saturated carbocycles. The Morgan fingerprint density at radius 3 is 2.50 bits per heavy atom. The number of nitrogens with zero attached hydrogens (tertiary/aromatic N) is 1. The number of allylic oxidation sites excluding steroid dienone is 3. The Balaban J connectivity index is 3.87. The lowest BCUT2D eigenvalue weighted by atomic mass is 10.1. The van der Waals surface area contributed by atoms with Gasteiger partial charge in [0, 0.05) is 12.5 Å². The highest BCUT2D eigenvalue weighted by Gasteiger charge is 2.02. The highest BCUT2D eigenvalue weighted by molar-refractivity contribution is 6.13. The second-order valence-electron chi connectivity index (χ2n) is 3.04. The molecule has 6 heteroatoms. The van der Waals surface area contributed by atoms with Gasteiger partial charge >= 0.3 is 5.97 Å². The summed E-state index contributed by atoms with van der Waals surface area (Å²) in [4.78, 5) is 20.3. The van der Waals surface area contributed by atoms with Gasteiger partial charge in [-0.2, -0.15) is 0 Å². The van der Waals surface area contributed by atoms with Crippen LogP contribution in [-0.4, -0.2) is 10.9 Å². The van der Waals surface area contributed by atoms with E-state index in [4.69, 9.17) is 11.9 Å². The van der Waals surface area contributed by atoms with Crippen molar-refractivity contribution in [2.75, 3.05) is 0 Å². The molecular formula is C10H12ClNO4. The third-order valence-corrected chi connectivity index (χ3v) is 1.88. The molecule has 0 aliphatic heterocycles. The van der Waals surface area contributed by atoms with Crippen molar-refractivity contribution in [3.05, 3.63) is 46.7 Å². The lowest BCUT2D eigenvalue weighted by Crippen LogP contribution is -1.96. The molecule has 0 fully saturated rings. The summed E-state index contributed by atoms with van der Waals surface area (Å²) in [6.07, 6.45) is 4.01. The third-order valence-electron chi connectivity index (χ3n) is 1.71. The van der Waals surface area contributed by atoms with Gasteiger partial charge in [0.1, 0.15) is 11.9 Å². The number of rotatable bonds is 7. The standard InChI is InChI=1S/C10H12ClNO4/c1-8(4-3-5-10(13)16-11)6-7-9(2)12(14)15/h6-7H,1-5H2/b7-6-. The maximum absolute atomic E-state index is 10.6. The third kappa shape index (κ3) is 6.78. The van der Waals surface area contributed by atoms with Crippen LogP contribution in [-0.2, 0) is 9.08 Å². The molecule has 16 heavy (non-hydrogen) atoms. The first-order valence-electron chi connectivity index (χ1n) is 4.48. The molecule has 0 aromatic heterocycles. The van der Waals surface area contributed by atoms with Crippen LogP contribution >= 0.6 is 11.9 Å². The quantitative estimate of drug-likeness (QED) is 0.393. The minimum atomic E-state index is -0.589. The van der Waals surface area contributed by atoms with Crippen LogP contribution in [0.4, 0.5) is 0 Å². The zero-order valence-corrected chi connectivity index (χ0v) is 9.40. The number of carbonyl (C=O) groups excluding carboxylic acids is 1. The van der Waals surface area contributed by atoms with Crippen LogP contribution in [0, 0.1) is 10.1 Å². The fraction of sp³-hybridized carbons (Fsp3) is 0.300. The Morgan fingerprint density at radius 2 is 2.00 bits per heavy atom. The Labute approximate surface area is 98.4 Å². The van der Waals surface area contributed by atoms with E-state index in [1.807, 2.05) is 0 Å². The van der Waals surface area contributed by atoms with Gasteiger partial charge < -0.3 is 4.29 Å². The molecule has 0 saturated heterocycles. The Hall–Kier alpha value is -1.62. The van der Waals surface area contributed by atoms with Gasteiger partial charge in [0.15, 0.2) is 0 Å². The predicted molar refractivity (Wildman–Crippen MR) is 60.2 cm³/mol. The van der Waals surface area contributed by atoms with Gasteiger partial charge in [0.2, 0.25) is 0 Å². The Morgan fingerprint density at radius 1 is 1.38 bits per heavy atom. The first-order chi connectivity index (χ1) is 7.47. The lowest BCUT2D eigenvalue weighted by Gasteiger charge is -1.98. The minimum Gasteiger partial charge on any atom is -0.348 e. The van der Waals surface area contributed by atoms with Crippen molar-refractivity contribution >= 4 is 17.8 Å². The second-order valence-corrected chi connectivity index (χ2v) is 3.20. The van der Waals surface area contributed by atoms with Gasteiger partial charge in [-0.15, -0.1) is 0 Å². The van der Waals surface area contributed by atoms with E-state index in [9.17, 15) is 14.9 Å². The predicted octanol–water partition coefficient (Wildman–Crippen LogP) is 2.76. The van der Waals surface area contributed by atoms with Crippen molar-refractivity contribution in [3.63, 3.8) is 0 Å². The van der Waals surface area contributed by atoms with Gasteiger partial charge in [-0.3, -0.25) is 14.9 Å². The molecule has 0 spiro atoms. The highest BCUT2D eigenvalue weighted by atomic mass is 35.5. The summed E-state index contributed by atoms with van der Waals surface area (Å²) in [7, 11) is 0. The zero-order valence-electron chi connectivity index (χ0n) is 8.65. The first-order valence-corrected chi connectivity index (χ1v) is 4.78. The molecule has 0 aliphatic rings. The molecule has 0 atom stereocenters. The molecule has 0 bridgehead atoms. The van der Waals surface area contributed by atoms with Gasteiger partial charge in [0.25, 0.3) is 5.70 Å². The summed E-state index contributed by atoms with van der Waals surface area (Å²) in [5.41, 5.74) is 0.465. The van der Waals surface area contributed by atoms with Gasteiger partial charge in [-0.1, -0.05) is 18.2 Å². The highest BCUT2D eigenvalue weighted by Crippen LogP contribution is 2.09. The maximum atomic E-state index is 10.6. The van der Waals surface area contributed by atoms with Crippen molar-refractivity contribution in [1.82, 2.24) is 0 Å². The van der Waals surface area contributed by atoms with Crippen LogP contribution < -0.4 is 0 Å². The van der Waals surface area contributed by atoms with Crippen LogP contribution in [0.15, 0.2) is 36.6 Å². The van der Waals surface area contributed by atoms with E-state index in [0.717, 1.165) is 0 Å². The molecule has 0 heterocycles. The fourth-order valence-corrected chi connectivity index (χ4v) is 0.934. The smallest absolute Gasteiger partial charge is 0.324 e. The number of hydrogen-bond donors (Lipinski definition) is 0. The molecule has 5 nitrogen and oxygen atoms in total. The summed E-state index contributed by atoms with van der Waals surface area (Å²) in [5.74, 6) is -0.506. The zero-order chi connectivity index (χ0) is 12.6. The molecule has 0 N–H and O–H groups in total.